The van der Waals surface area contributed by atoms with Gasteiger partial charge in [0.2, 0.25) is 5.91 Å². The monoisotopic (exact) mass is 302 g/mol. The molecule has 2 aromatic rings. The molecule has 0 fully saturated rings. The lowest BCUT2D eigenvalue weighted by molar-refractivity contribution is -0.126. The number of nitrogens with one attached hydrogen (secondary N) is 1. The van der Waals surface area contributed by atoms with Crippen LogP contribution in [0, 0.1) is 0 Å². The van der Waals surface area contributed by atoms with E-state index in [2.05, 4.69) is 9.97 Å². The lowest BCUT2D eigenvalue weighted by atomic mass is 10.2. The molecule has 110 valence electrons. The van der Waals surface area contributed by atoms with E-state index < -0.39 is 0 Å². The van der Waals surface area contributed by atoms with E-state index in [4.69, 9.17) is 0 Å². The Bertz CT molecular complexity index is 657. The van der Waals surface area contributed by atoms with Crippen LogP contribution < -0.4 is 4.90 Å². The largest absolute Gasteiger partial charge is 0.362 e. The molecule has 1 aliphatic heterocycles. The number of aromatic nitrogens is 2. The second kappa shape index (κ2) is 5.73. The number of fused-ring (bicyclic) bond motifs is 1. The summed E-state index contributed by atoms with van der Waals surface area (Å²) in [6.07, 6.45) is 6.12. The van der Waals surface area contributed by atoms with E-state index in [0.717, 1.165) is 29.5 Å². The average molecular weight is 302 g/mol. The van der Waals surface area contributed by atoms with Crippen molar-refractivity contribution in [1.29, 1.82) is 0 Å². The van der Waals surface area contributed by atoms with Gasteiger partial charge in [-0.1, -0.05) is 11.3 Å². The van der Waals surface area contributed by atoms with E-state index in [1.807, 2.05) is 48.3 Å². The van der Waals surface area contributed by atoms with Crippen molar-refractivity contribution >= 4 is 28.5 Å². The number of carbonyl (C=O) groups excluding carboxylic acids is 1. The van der Waals surface area contributed by atoms with Gasteiger partial charge in [-0.25, -0.2) is 4.98 Å². The number of H-pyrrole nitrogens is 1. The molecule has 6 heteroatoms. The predicted molar refractivity (Wildman–Crippen MR) is 85.4 cm³/mol. The molecule has 0 radical (unpaired) electrons. The Morgan fingerprint density at radius 3 is 3.10 bits per heavy atom. The van der Waals surface area contributed by atoms with Crippen LogP contribution in [0.2, 0.25) is 0 Å². The number of rotatable bonds is 3. The van der Waals surface area contributed by atoms with Crippen molar-refractivity contribution < 1.29 is 4.79 Å². The minimum absolute atomic E-state index is 0.0510. The van der Waals surface area contributed by atoms with Gasteiger partial charge in [-0.15, -0.1) is 0 Å². The summed E-state index contributed by atoms with van der Waals surface area (Å²) in [6.45, 7) is 1.40. The summed E-state index contributed by atoms with van der Waals surface area (Å²) in [5, 5.41) is 1.01. The maximum atomic E-state index is 12.2. The summed E-state index contributed by atoms with van der Waals surface area (Å²) < 4.78 is 0. The molecule has 1 N–H and O–H groups in total. The maximum absolute atomic E-state index is 12.2. The van der Waals surface area contributed by atoms with Crippen LogP contribution in [0.5, 0.6) is 0 Å². The van der Waals surface area contributed by atoms with E-state index in [9.17, 15) is 4.79 Å². The van der Waals surface area contributed by atoms with Gasteiger partial charge < -0.3 is 14.8 Å². The van der Waals surface area contributed by atoms with Crippen molar-refractivity contribution in [3.63, 3.8) is 0 Å². The second-order valence-corrected chi connectivity index (χ2v) is 6.29. The van der Waals surface area contributed by atoms with Crippen LogP contribution >= 0.6 is 11.3 Å². The Morgan fingerprint density at radius 2 is 2.38 bits per heavy atom. The molecule has 0 saturated heterocycles. The van der Waals surface area contributed by atoms with Crippen molar-refractivity contribution in [3.8, 4) is 0 Å². The number of hydrogen-bond acceptors (Lipinski definition) is 4. The first-order valence-electron chi connectivity index (χ1n) is 6.90. The van der Waals surface area contributed by atoms with Crippen molar-refractivity contribution in [1.82, 2.24) is 14.9 Å². The number of carbonyl (C=O) groups is 1. The van der Waals surface area contributed by atoms with Crippen LogP contribution in [0.15, 0.2) is 24.4 Å². The topological polar surface area (TPSA) is 52.2 Å². The van der Waals surface area contributed by atoms with E-state index in [1.54, 1.807) is 17.4 Å². The normalized spacial score (nSPS) is 14.5. The maximum Gasteiger partial charge on any atom is 0.246 e. The minimum atomic E-state index is 0.0510. The summed E-state index contributed by atoms with van der Waals surface area (Å²) in [7, 11) is 3.98. The first-order valence-corrected chi connectivity index (χ1v) is 7.71. The van der Waals surface area contributed by atoms with Crippen LogP contribution in [0.3, 0.4) is 0 Å². The molecule has 21 heavy (non-hydrogen) atoms. The molecule has 0 aliphatic carbocycles. The van der Waals surface area contributed by atoms with Gasteiger partial charge in [0.05, 0.1) is 12.2 Å². The van der Waals surface area contributed by atoms with Gasteiger partial charge in [-0.2, -0.15) is 0 Å². The van der Waals surface area contributed by atoms with Gasteiger partial charge in [0, 0.05) is 49.9 Å². The fraction of sp³-hybridized carbons (Fsp3) is 0.333. The highest BCUT2D eigenvalue weighted by Gasteiger charge is 2.23. The molecule has 3 heterocycles. The molecule has 5 nitrogen and oxygen atoms in total. The smallest absolute Gasteiger partial charge is 0.246 e. The molecule has 0 atom stereocenters. The zero-order valence-electron chi connectivity index (χ0n) is 12.2. The highest BCUT2D eigenvalue weighted by atomic mass is 32.1. The van der Waals surface area contributed by atoms with Crippen LogP contribution in [0.25, 0.3) is 6.08 Å². The second-order valence-electron chi connectivity index (χ2n) is 5.23. The van der Waals surface area contributed by atoms with Crippen LogP contribution in [-0.2, 0) is 17.8 Å². The van der Waals surface area contributed by atoms with Crippen LogP contribution in [-0.4, -0.2) is 41.4 Å². The van der Waals surface area contributed by atoms with Crippen molar-refractivity contribution in [3.05, 3.63) is 40.7 Å². The van der Waals surface area contributed by atoms with Gasteiger partial charge in [-0.05, 0) is 18.2 Å². The van der Waals surface area contributed by atoms with Crippen LogP contribution in [0.4, 0.5) is 5.13 Å². The Labute approximate surface area is 127 Å². The predicted octanol–water partition coefficient (Wildman–Crippen LogP) is 2.14. The third-order valence-electron chi connectivity index (χ3n) is 3.44. The average Bonchev–Trinajstić information content (AvgIpc) is 3.12. The lowest BCUT2D eigenvalue weighted by Crippen LogP contribution is -2.34. The summed E-state index contributed by atoms with van der Waals surface area (Å²) in [5.41, 5.74) is 2.08. The molecule has 0 saturated carbocycles. The third kappa shape index (κ3) is 3.00. The number of anilines is 1. The molecule has 0 bridgehead atoms. The number of aromatic amines is 1. The molecule has 1 amide bonds. The first-order chi connectivity index (χ1) is 10.1. The highest BCUT2D eigenvalue weighted by Crippen LogP contribution is 2.29. The number of hydrogen-bond donors (Lipinski definition) is 1. The first kappa shape index (κ1) is 13.9. The molecule has 0 aromatic carbocycles. The Kier molecular flexibility index (Phi) is 3.79. The van der Waals surface area contributed by atoms with Crippen LogP contribution in [0.1, 0.15) is 16.3 Å². The van der Waals surface area contributed by atoms with E-state index in [1.165, 1.54) is 4.88 Å². The molecule has 2 aromatic heterocycles. The quantitative estimate of drug-likeness (QED) is 0.884. The Hall–Kier alpha value is -2.08. The summed E-state index contributed by atoms with van der Waals surface area (Å²) in [4.78, 5) is 25.0. The van der Waals surface area contributed by atoms with Gasteiger partial charge in [0.15, 0.2) is 5.13 Å². The third-order valence-corrected chi connectivity index (χ3v) is 4.69. The zero-order valence-corrected chi connectivity index (χ0v) is 13.0. The molecule has 1 aliphatic rings. The number of amides is 1. The van der Waals surface area contributed by atoms with E-state index in [0.29, 0.717) is 6.54 Å². The SMILES string of the molecule is CN(C)c1nc2c(s1)CN(C(=O)/C=C/c1ccc[nH]1)CC2. The van der Waals surface area contributed by atoms with Gasteiger partial charge >= 0.3 is 0 Å². The number of thiazole rings is 1. The standard InChI is InChI=1S/C15H18N4OS/c1-18(2)15-17-12-7-9-19(10-13(12)21-15)14(20)6-5-11-4-3-8-16-11/h3-6,8,16H,7,9-10H2,1-2H3/b6-5+. The van der Waals surface area contributed by atoms with Crippen molar-refractivity contribution in [2.75, 3.05) is 25.5 Å². The highest BCUT2D eigenvalue weighted by molar-refractivity contribution is 7.15. The number of nitrogens with zero attached hydrogens (tertiary/aromatic N) is 3. The van der Waals surface area contributed by atoms with Gasteiger partial charge in [0.1, 0.15) is 0 Å². The van der Waals surface area contributed by atoms with Gasteiger partial charge in [0.25, 0.3) is 0 Å². The summed E-state index contributed by atoms with van der Waals surface area (Å²) >= 11 is 1.67. The summed E-state index contributed by atoms with van der Waals surface area (Å²) in [5.74, 6) is 0.0510. The molecule has 0 unspecified atom stereocenters. The Balaban J connectivity index is 1.69. The zero-order chi connectivity index (χ0) is 14.8. The fourth-order valence-electron chi connectivity index (χ4n) is 2.28. The fourth-order valence-corrected chi connectivity index (χ4v) is 3.32. The summed E-state index contributed by atoms with van der Waals surface area (Å²) in [6, 6.07) is 3.85. The molecular formula is C15H18N4OS. The molecule has 3 rings (SSSR count). The molecule has 0 spiro atoms. The van der Waals surface area contributed by atoms with Gasteiger partial charge in [-0.3, -0.25) is 4.79 Å². The minimum Gasteiger partial charge on any atom is -0.362 e. The van der Waals surface area contributed by atoms with E-state index in [-0.39, 0.29) is 5.91 Å². The molecular weight excluding hydrogens is 284 g/mol. The lowest BCUT2D eigenvalue weighted by Gasteiger charge is -2.24. The van der Waals surface area contributed by atoms with E-state index >= 15 is 0 Å². The Morgan fingerprint density at radius 1 is 1.52 bits per heavy atom. The van der Waals surface area contributed by atoms with Crippen molar-refractivity contribution in [2.24, 2.45) is 0 Å². The van der Waals surface area contributed by atoms with Crippen molar-refractivity contribution in [2.45, 2.75) is 13.0 Å².